The molecule has 0 fully saturated rings. The van der Waals surface area contributed by atoms with Crippen LogP contribution in [0, 0.1) is 5.82 Å². The summed E-state index contributed by atoms with van der Waals surface area (Å²) in [5, 5.41) is -0.0548. The van der Waals surface area contributed by atoms with Crippen molar-refractivity contribution in [2.45, 2.75) is 20.0 Å². The highest BCUT2D eigenvalue weighted by Crippen LogP contribution is 2.25. The van der Waals surface area contributed by atoms with Crippen molar-refractivity contribution in [3.8, 4) is 23.1 Å². The maximum atomic E-state index is 14.0. The minimum Gasteiger partial charge on any atom is -0.497 e. The van der Waals surface area contributed by atoms with E-state index in [1.807, 2.05) is 13.8 Å². The highest BCUT2D eigenvalue weighted by molar-refractivity contribution is 6.28. The van der Waals surface area contributed by atoms with E-state index in [0.717, 1.165) is 0 Å². The summed E-state index contributed by atoms with van der Waals surface area (Å²) in [7, 11) is 1.46. The molecule has 0 unspecified atom stereocenters. The Morgan fingerprint density at radius 2 is 1.95 bits per heavy atom. The summed E-state index contributed by atoms with van der Waals surface area (Å²) in [6, 6.07) is 4.43. The molecule has 1 aromatic carbocycles. The summed E-state index contributed by atoms with van der Waals surface area (Å²) in [6.07, 6.45) is -0.123. The van der Waals surface area contributed by atoms with Crippen LogP contribution < -0.4 is 9.47 Å². The lowest BCUT2D eigenvalue weighted by Crippen LogP contribution is -2.10. The molecule has 0 N–H and O–H groups in total. The van der Waals surface area contributed by atoms with Gasteiger partial charge in [-0.3, -0.25) is 0 Å². The van der Waals surface area contributed by atoms with E-state index >= 15 is 0 Å². The molecule has 1 aromatic heterocycles. The van der Waals surface area contributed by atoms with Gasteiger partial charge in [-0.2, -0.15) is 15.0 Å². The fraction of sp³-hybridized carbons (Fsp3) is 0.308. The number of hydrogen-bond acceptors (Lipinski definition) is 5. The number of methoxy groups -OCH3 is 1. The van der Waals surface area contributed by atoms with E-state index in [0.29, 0.717) is 5.75 Å². The quantitative estimate of drug-likeness (QED) is 0.868. The summed E-state index contributed by atoms with van der Waals surface area (Å²) < 4.78 is 24.3. The summed E-state index contributed by atoms with van der Waals surface area (Å²) in [5.41, 5.74) is 0.198. The zero-order valence-corrected chi connectivity index (χ0v) is 12.0. The molecule has 0 spiro atoms. The topological polar surface area (TPSA) is 57.1 Å². The lowest BCUT2D eigenvalue weighted by Gasteiger charge is -2.09. The highest BCUT2D eigenvalue weighted by Gasteiger charge is 2.13. The summed E-state index contributed by atoms with van der Waals surface area (Å²) >= 11 is 5.80. The van der Waals surface area contributed by atoms with Crippen molar-refractivity contribution >= 4 is 11.6 Å². The molecule has 0 amide bonds. The van der Waals surface area contributed by atoms with Crippen LogP contribution in [0.15, 0.2) is 18.2 Å². The molecular formula is C13H13ClFN3O2. The van der Waals surface area contributed by atoms with E-state index in [1.165, 1.54) is 19.2 Å². The van der Waals surface area contributed by atoms with E-state index in [-0.39, 0.29) is 28.8 Å². The maximum Gasteiger partial charge on any atom is 0.321 e. The monoisotopic (exact) mass is 297 g/mol. The first-order chi connectivity index (χ1) is 9.49. The minimum atomic E-state index is -0.512. The normalized spacial score (nSPS) is 10.7. The molecule has 106 valence electrons. The number of benzene rings is 1. The molecule has 0 aliphatic carbocycles. The third-order valence-electron chi connectivity index (χ3n) is 2.35. The first-order valence-electron chi connectivity index (χ1n) is 5.91. The molecule has 1 heterocycles. The average Bonchev–Trinajstić information content (AvgIpc) is 2.36. The molecule has 2 rings (SSSR count). The Bertz CT molecular complexity index is 623. The molecule has 0 saturated heterocycles. The SMILES string of the molecule is COc1ccc(-c2nc(Cl)nc(OC(C)C)n2)c(F)c1. The molecule has 0 atom stereocenters. The van der Waals surface area contributed by atoms with Crippen LogP contribution >= 0.6 is 11.6 Å². The highest BCUT2D eigenvalue weighted by atomic mass is 35.5. The second kappa shape index (κ2) is 6.00. The van der Waals surface area contributed by atoms with Gasteiger partial charge in [0, 0.05) is 6.07 Å². The Morgan fingerprint density at radius 1 is 1.20 bits per heavy atom. The Labute approximate surface area is 120 Å². The number of halogens is 2. The predicted molar refractivity (Wildman–Crippen MR) is 72.5 cm³/mol. The fourth-order valence-corrected chi connectivity index (χ4v) is 1.67. The van der Waals surface area contributed by atoms with E-state index in [9.17, 15) is 4.39 Å². The molecule has 0 radical (unpaired) electrons. The maximum absolute atomic E-state index is 14.0. The van der Waals surface area contributed by atoms with Crippen LogP contribution in [0.25, 0.3) is 11.4 Å². The van der Waals surface area contributed by atoms with Gasteiger partial charge in [0.25, 0.3) is 0 Å². The number of ether oxygens (including phenoxy) is 2. The predicted octanol–water partition coefficient (Wildman–Crippen LogP) is 3.13. The number of rotatable bonds is 4. The first kappa shape index (κ1) is 14.5. The zero-order valence-electron chi connectivity index (χ0n) is 11.2. The Balaban J connectivity index is 2.44. The van der Waals surface area contributed by atoms with E-state index in [4.69, 9.17) is 21.1 Å². The molecule has 0 aliphatic rings. The third kappa shape index (κ3) is 3.33. The zero-order chi connectivity index (χ0) is 14.7. The third-order valence-corrected chi connectivity index (χ3v) is 2.51. The van der Waals surface area contributed by atoms with Crippen LogP contribution in [0.1, 0.15) is 13.8 Å². The Morgan fingerprint density at radius 3 is 2.55 bits per heavy atom. The van der Waals surface area contributed by atoms with Crippen LogP contribution in [0.3, 0.4) is 0 Å². The Hall–Kier alpha value is -1.95. The molecule has 0 aliphatic heterocycles. The molecule has 0 bridgehead atoms. The van der Waals surface area contributed by atoms with Crippen molar-refractivity contribution in [1.29, 1.82) is 0 Å². The van der Waals surface area contributed by atoms with Crippen LogP contribution in [0.2, 0.25) is 5.28 Å². The number of hydrogen-bond donors (Lipinski definition) is 0. The first-order valence-corrected chi connectivity index (χ1v) is 6.29. The Kier molecular flexibility index (Phi) is 4.34. The summed E-state index contributed by atoms with van der Waals surface area (Å²) in [4.78, 5) is 11.8. The van der Waals surface area contributed by atoms with E-state index in [1.54, 1.807) is 6.07 Å². The second-order valence-electron chi connectivity index (χ2n) is 4.22. The second-order valence-corrected chi connectivity index (χ2v) is 4.56. The standard InChI is InChI=1S/C13H13ClFN3O2/c1-7(2)20-13-17-11(16-12(14)18-13)9-5-4-8(19-3)6-10(9)15/h4-7H,1-3H3. The van der Waals surface area contributed by atoms with Gasteiger partial charge in [0.1, 0.15) is 11.6 Å². The summed E-state index contributed by atoms with van der Waals surface area (Å²) in [5.74, 6) is 0.00738. The average molecular weight is 298 g/mol. The van der Waals surface area contributed by atoms with Gasteiger partial charge < -0.3 is 9.47 Å². The smallest absolute Gasteiger partial charge is 0.321 e. The van der Waals surface area contributed by atoms with E-state index in [2.05, 4.69) is 15.0 Å². The lowest BCUT2D eigenvalue weighted by atomic mass is 10.2. The van der Waals surface area contributed by atoms with Gasteiger partial charge in [-0.15, -0.1) is 0 Å². The largest absolute Gasteiger partial charge is 0.497 e. The molecule has 0 saturated carbocycles. The van der Waals surface area contributed by atoms with Crippen molar-refractivity contribution in [3.05, 3.63) is 29.3 Å². The van der Waals surface area contributed by atoms with Crippen LogP contribution in [-0.4, -0.2) is 28.2 Å². The molecule has 20 heavy (non-hydrogen) atoms. The van der Waals surface area contributed by atoms with Gasteiger partial charge in [-0.25, -0.2) is 4.39 Å². The van der Waals surface area contributed by atoms with Crippen molar-refractivity contribution in [3.63, 3.8) is 0 Å². The van der Waals surface area contributed by atoms with E-state index < -0.39 is 5.82 Å². The van der Waals surface area contributed by atoms with Gasteiger partial charge in [-0.1, -0.05) is 0 Å². The van der Waals surface area contributed by atoms with Crippen LogP contribution in [-0.2, 0) is 0 Å². The van der Waals surface area contributed by atoms with Crippen molar-refractivity contribution in [2.24, 2.45) is 0 Å². The lowest BCUT2D eigenvalue weighted by molar-refractivity contribution is 0.222. The van der Waals surface area contributed by atoms with Crippen molar-refractivity contribution in [1.82, 2.24) is 15.0 Å². The van der Waals surface area contributed by atoms with Gasteiger partial charge in [-0.05, 0) is 37.6 Å². The number of nitrogens with zero attached hydrogens (tertiary/aromatic N) is 3. The van der Waals surface area contributed by atoms with Gasteiger partial charge in [0.15, 0.2) is 5.82 Å². The van der Waals surface area contributed by atoms with Gasteiger partial charge >= 0.3 is 6.01 Å². The van der Waals surface area contributed by atoms with Crippen molar-refractivity contribution in [2.75, 3.05) is 7.11 Å². The summed E-state index contributed by atoms with van der Waals surface area (Å²) in [6.45, 7) is 3.65. The van der Waals surface area contributed by atoms with Crippen molar-refractivity contribution < 1.29 is 13.9 Å². The van der Waals surface area contributed by atoms with Gasteiger partial charge in [0.05, 0.1) is 18.8 Å². The fourth-order valence-electron chi connectivity index (χ4n) is 1.52. The minimum absolute atomic E-state index is 0.0548. The van der Waals surface area contributed by atoms with Gasteiger partial charge in [0.2, 0.25) is 5.28 Å². The van der Waals surface area contributed by atoms with Crippen LogP contribution in [0.4, 0.5) is 4.39 Å². The molecule has 2 aromatic rings. The number of aromatic nitrogens is 3. The van der Waals surface area contributed by atoms with Crippen LogP contribution in [0.5, 0.6) is 11.8 Å². The molecule has 5 nitrogen and oxygen atoms in total. The molecular weight excluding hydrogens is 285 g/mol. The molecule has 7 heteroatoms.